The van der Waals surface area contributed by atoms with Crippen molar-refractivity contribution in [2.24, 2.45) is 0 Å². The number of nitrogens with one attached hydrogen (secondary N) is 2. The molecule has 0 unspecified atom stereocenters. The van der Waals surface area contributed by atoms with E-state index in [-0.39, 0.29) is 6.79 Å². The van der Waals surface area contributed by atoms with Gasteiger partial charge in [-0.3, -0.25) is 5.10 Å². The van der Waals surface area contributed by atoms with Gasteiger partial charge in [-0.1, -0.05) is 18.2 Å². The van der Waals surface area contributed by atoms with E-state index in [1.807, 2.05) is 24.4 Å². The largest absolute Gasteiger partial charge is 0.454 e. The Morgan fingerprint density at radius 2 is 2.00 bits per heavy atom. The minimum atomic E-state index is 0.282. The van der Waals surface area contributed by atoms with Crippen LogP contribution in [-0.4, -0.2) is 28.1 Å². The summed E-state index contributed by atoms with van der Waals surface area (Å²) in [5, 5.41) is 12.1. The fraction of sp³-hybridized carbons (Fsp3) is 0.190. The van der Waals surface area contributed by atoms with E-state index in [1.54, 1.807) is 0 Å². The highest BCUT2D eigenvalue weighted by atomic mass is 16.7. The third-order valence-electron chi connectivity index (χ3n) is 4.90. The molecule has 0 aliphatic carbocycles. The van der Waals surface area contributed by atoms with Gasteiger partial charge in [0.1, 0.15) is 0 Å². The zero-order chi connectivity index (χ0) is 18.1. The van der Waals surface area contributed by atoms with Gasteiger partial charge in [-0.2, -0.15) is 5.10 Å². The topological polar surface area (TPSA) is 64.1 Å². The van der Waals surface area contributed by atoms with Crippen molar-refractivity contribution in [3.63, 3.8) is 0 Å². The van der Waals surface area contributed by atoms with Crippen LogP contribution in [0.2, 0.25) is 0 Å². The lowest BCUT2D eigenvalue weighted by Gasteiger charge is -2.08. The van der Waals surface area contributed by atoms with Crippen LogP contribution in [0, 0.1) is 0 Å². The molecule has 0 amide bonds. The van der Waals surface area contributed by atoms with Crippen molar-refractivity contribution in [3.8, 4) is 22.8 Å². The minimum absolute atomic E-state index is 0.282. The molecule has 1 aliphatic rings. The lowest BCUT2D eigenvalue weighted by Crippen LogP contribution is -2.19. The maximum Gasteiger partial charge on any atom is 0.231 e. The second-order valence-corrected chi connectivity index (χ2v) is 6.58. The number of aromatic nitrogens is 3. The average molecular weight is 360 g/mol. The first kappa shape index (κ1) is 16.0. The zero-order valence-corrected chi connectivity index (χ0v) is 14.8. The van der Waals surface area contributed by atoms with Crippen LogP contribution in [0.25, 0.3) is 22.2 Å². The van der Waals surface area contributed by atoms with E-state index >= 15 is 0 Å². The number of rotatable bonds is 6. The van der Waals surface area contributed by atoms with Gasteiger partial charge in [0.05, 0.1) is 11.9 Å². The van der Waals surface area contributed by atoms with Crippen molar-refractivity contribution >= 4 is 10.9 Å². The first-order chi connectivity index (χ1) is 13.4. The standard InChI is InChI=1S/C21H20N4O2/c1-2-4-18-15(3-1)7-9-25(18)10-8-22-12-17-13-23-24-21(17)16-5-6-19-20(11-16)27-14-26-19/h1-7,9,11,13,22H,8,10,12,14H2,(H,23,24). The van der Waals surface area contributed by atoms with Crippen molar-refractivity contribution in [3.05, 3.63) is 66.5 Å². The molecule has 4 aromatic rings. The highest BCUT2D eigenvalue weighted by Crippen LogP contribution is 2.36. The average Bonchev–Trinajstić information content (AvgIpc) is 3.44. The summed E-state index contributed by atoms with van der Waals surface area (Å²) in [4.78, 5) is 0. The second kappa shape index (κ2) is 6.81. The van der Waals surface area contributed by atoms with Crippen LogP contribution in [-0.2, 0) is 13.1 Å². The van der Waals surface area contributed by atoms with E-state index < -0.39 is 0 Å². The van der Waals surface area contributed by atoms with Gasteiger partial charge in [-0.25, -0.2) is 0 Å². The van der Waals surface area contributed by atoms with Crippen molar-refractivity contribution in [2.75, 3.05) is 13.3 Å². The van der Waals surface area contributed by atoms with Gasteiger partial charge >= 0.3 is 0 Å². The van der Waals surface area contributed by atoms with Crippen LogP contribution in [0.1, 0.15) is 5.56 Å². The summed E-state index contributed by atoms with van der Waals surface area (Å²) in [6.45, 7) is 2.83. The number of ether oxygens (including phenoxy) is 2. The van der Waals surface area contributed by atoms with E-state index in [9.17, 15) is 0 Å². The van der Waals surface area contributed by atoms with E-state index in [0.29, 0.717) is 0 Å². The molecule has 0 spiro atoms. The molecule has 3 heterocycles. The van der Waals surface area contributed by atoms with Crippen LogP contribution >= 0.6 is 0 Å². The molecule has 136 valence electrons. The van der Waals surface area contributed by atoms with Crippen molar-refractivity contribution in [2.45, 2.75) is 13.1 Å². The predicted molar refractivity (Wildman–Crippen MR) is 104 cm³/mol. The van der Waals surface area contributed by atoms with Crippen molar-refractivity contribution < 1.29 is 9.47 Å². The quantitative estimate of drug-likeness (QED) is 0.516. The Morgan fingerprint density at radius 3 is 3.00 bits per heavy atom. The van der Waals surface area contributed by atoms with E-state index in [2.05, 4.69) is 56.6 Å². The molecule has 0 radical (unpaired) electrons. The molecule has 0 saturated carbocycles. The van der Waals surface area contributed by atoms with Gasteiger partial charge in [-0.05, 0) is 35.7 Å². The first-order valence-electron chi connectivity index (χ1n) is 9.05. The molecule has 0 fully saturated rings. The van der Waals surface area contributed by atoms with Gasteiger partial charge < -0.3 is 19.4 Å². The highest BCUT2D eigenvalue weighted by molar-refractivity contribution is 5.79. The number of nitrogens with zero attached hydrogens (tertiary/aromatic N) is 2. The highest BCUT2D eigenvalue weighted by Gasteiger charge is 2.16. The van der Waals surface area contributed by atoms with Gasteiger partial charge in [0, 0.05) is 42.5 Å². The number of fused-ring (bicyclic) bond motifs is 2. The molecule has 2 N–H and O–H groups in total. The Labute approximate surface area is 156 Å². The van der Waals surface area contributed by atoms with Crippen molar-refractivity contribution in [1.29, 1.82) is 0 Å². The van der Waals surface area contributed by atoms with Gasteiger partial charge in [0.15, 0.2) is 11.5 Å². The molecule has 2 aromatic carbocycles. The lowest BCUT2D eigenvalue weighted by molar-refractivity contribution is 0.174. The lowest BCUT2D eigenvalue weighted by atomic mass is 10.1. The second-order valence-electron chi connectivity index (χ2n) is 6.58. The third kappa shape index (κ3) is 3.04. The molecular formula is C21H20N4O2. The fourth-order valence-electron chi connectivity index (χ4n) is 3.51. The van der Waals surface area contributed by atoms with Gasteiger partial charge in [0.25, 0.3) is 0 Å². The minimum Gasteiger partial charge on any atom is -0.454 e. The van der Waals surface area contributed by atoms with E-state index in [0.717, 1.165) is 48.0 Å². The van der Waals surface area contributed by atoms with Crippen LogP contribution in [0.4, 0.5) is 0 Å². The number of para-hydroxylation sites is 1. The Bertz CT molecular complexity index is 1080. The van der Waals surface area contributed by atoms with Crippen LogP contribution < -0.4 is 14.8 Å². The molecule has 0 atom stereocenters. The normalized spacial score (nSPS) is 12.7. The summed E-state index contributed by atoms with van der Waals surface area (Å²) in [5.41, 5.74) is 4.45. The summed E-state index contributed by atoms with van der Waals surface area (Å²) in [6.07, 6.45) is 4.01. The van der Waals surface area contributed by atoms with Gasteiger partial charge in [-0.15, -0.1) is 0 Å². The van der Waals surface area contributed by atoms with Gasteiger partial charge in [0.2, 0.25) is 6.79 Å². The summed E-state index contributed by atoms with van der Waals surface area (Å²) in [7, 11) is 0. The maximum absolute atomic E-state index is 5.48. The predicted octanol–water partition coefficient (Wildman–Crippen LogP) is 3.55. The number of benzene rings is 2. The Morgan fingerprint density at radius 1 is 1.07 bits per heavy atom. The smallest absolute Gasteiger partial charge is 0.231 e. The summed E-state index contributed by atoms with van der Waals surface area (Å²) >= 11 is 0. The number of hydrogen-bond donors (Lipinski definition) is 2. The number of H-pyrrole nitrogens is 1. The zero-order valence-electron chi connectivity index (χ0n) is 14.8. The Kier molecular flexibility index (Phi) is 4.03. The molecule has 1 aliphatic heterocycles. The summed E-state index contributed by atoms with van der Waals surface area (Å²) in [5.74, 6) is 1.57. The van der Waals surface area contributed by atoms with E-state index in [1.165, 1.54) is 10.9 Å². The maximum atomic E-state index is 5.48. The summed E-state index contributed by atoms with van der Waals surface area (Å²) in [6, 6.07) is 16.6. The Hall–Kier alpha value is -3.25. The van der Waals surface area contributed by atoms with E-state index in [4.69, 9.17) is 9.47 Å². The Balaban J connectivity index is 1.24. The number of aromatic amines is 1. The molecule has 27 heavy (non-hydrogen) atoms. The molecule has 0 bridgehead atoms. The number of hydrogen-bond acceptors (Lipinski definition) is 4. The molecule has 6 nitrogen and oxygen atoms in total. The first-order valence-corrected chi connectivity index (χ1v) is 9.05. The molecular weight excluding hydrogens is 340 g/mol. The SMILES string of the molecule is c1ccc2c(c1)ccn2CCNCc1cn[nH]c1-c1ccc2c(c1)OCO2. The molecule has 6 heteroatoms. The monoisotopic (exact) mass is 360 g/mol. The molecule has 0 saturated heterocycles. The molecule has 5 rings (SSSR count). The fourth-order valence-corrected chi connectivity index (χ4v) is 3.51. The van der Waals surface area contributed by atoms with Crippen LogP contribution in [0.15, 0.2) is 60.9 Å². The van der Waals surface area contributed by atoms with Crippen LogP contribution in [0.3, 0.4) is 0 Å². The van der Waals surface area contributed by atoms with Crippen LogP contribution in [0.5, 0.6) is 11.5 Å². The van der Waals surface area contributed by atoms with Crippen molar-refractivity contribution in [1.82, 2.24) is 20.1 Å². The summed E-state index contributed by atoms with van der Waals surface area (Å²) < 4.78 is 13.1. The molecule has 2 aromatic heterocycles. The third-order valence-corrected chi connectivity index (χ3v) is 4.90.